The smallest absolute Gasteiger partial charge is 0.255 e. The van der Waals surface area contributed by atoms with Gasteiger partial charge in [-0.2, -0.15) is 0 Å². The van der Waals surface area contributed by atoms with Crippen LogP contribution in [0.25, 0.3) is 0 Å². The average Bonchev–Trinajstić information content (AvgIpc) is 2.66. The highest BCUT2D eigenvalue weighted by Gasteiger charge is 2.22. The molecule has 2 heterocycles. The van der Waals surface area contributed by atoms with Crippen LogP contribution in [0.15, 0.2) is 42.7 Å². The third-order valence-corrected chi connectivity index (χ3v) is 4.67. The number of carbonyl (C=O) groups excluding carboxylic acids is 1. The van der Waals surface area contributed by atoms with Crippen LogP contribution < -0.4 is 10.2 Å². The quantitative estimate of drug-likeness (QED) is 0.868. The van der Waals surface area contributed by atoms with Crippen molar-refractivity contribution in [3.8, 4) is 0 Å². The van der Waals surface area contributed by atoms with E-state index in [0.29, 0.717) is 24.6 Å². The van der Waals surface area contributed by atoms with Gasteiger partial charge in [-0.3, -0.25) is 9.78 Å². The summed E-state index contributed by atoms with van der Waals surface area (Å²) in [5.74, 6) is 0.574. The van der Waals surface area contributed by atoms with Crippen LogP contribution in [0.4, 0.5) is 11.4 Å². The van der Waals surface area contributed by atoms with Crippen molar-refractivity contribution >= 4 is 28.9 Å². The standard InChI is InChI=1S/C20H25ClN4O/c1-15(2)12-23-18-10-16(13-22-14-18)20(26)25-8-6-24(7-9-25)19-5-3-4-17(21)11-19/h3-5,10-11,13-15,23H,6-9,12H2,1-2H3. The molecule has 138 valence electrons. The Kier molecular flexibility index (Phi) is 5.99. The van der Waals surface area contributed by atoms with Crippen LogP contribution in [-0.2, 0) is 0 Å². The van der Waals surface area contributed by atoms with Crippen molar-refractivity contribution in [1.29, 1.82) is 0 Å². The Balaban J connectivity index is 1.60. The van der Waals surface area contributed by atoms with E-state index in [-0.39, 0.29) is 5.91 Å². The molecule has 26 heavy (non-hydrogen) atoms. The van der Waals surface area contributed by atoms with E-state index in [0.717, 1.165) is 36.0 Å². The Morgan fingerprint density at radius 1 is 1.19 bits per heavy atom. The van der Waals surface area contributed by atoms with Gasteiger partial charge in [-0.05, 0) is 30.2 Å². The summed E-state index contributed by atoms with van der Waals surface area (Å²) in [4.78, 5) is 21.2. The number of hydrogen-bond acceptors (Lipinski definition) is 4. The second kappa shape index (κ2) is 8.41. The molecular weight excluding hydrogens is 348 g/mol. The van der Waals surface area contributed by atoms with E-state index >= 15 is 0 Å². The minimum Gasteiger partial charge on any atom is -0.384 e. The molecule has 0 bridgehead atoms. The summed E-state index contributed by atoms with van der Waals surface area (Å²) >= 11 is 6.08. The molecule has 3 rings (SSSR count). The van der Waals surface area contributed by atoms with Crippen LogP contribution in [0, 0.1) is 5.92 Å². The summed E-state index contributed by atoms with van der Waals surface area (Å²) in [6, 6.07) is 9.74. The maximum atomic E-state index is 12.8. The monoisotopic (exact) mass is 372 g/mol. The second-order valence-electron chi connectivity index (χ2n) is 7.00. The number of aromatic nitrogens is 1. The number of amides is 1. The molecule has 2 aromatic rings. The van der Waals surface area contributed by atoms with Crippen molar-refractivity contribution < 1.29 is 4.79 Å². The molecular formula is C20H25ClN4O. The van der Waals surface area contributed by atoms with E-state index in [1.165, 1.54) is 0 Å². The average molecular weight is 373 g/mol. The molecule has 1 fully saturated rings. The fourth-order valence-electron chi connectivity index (χ4n) is 3.00. The van der Waals surface area contributed by atoms with Gasteiger partial charge < -0.3 is 15.1 Å². The van der Waals surface area contributed by atoms with Gasteiger partial charge >= 0.3 is 0 Å². The van der Waals surface area contributed by atoms with E-state index < -0.39 is 0 Å². The molecule has 1 aliphatic heterocycles. The van der Waals surface area contributed by atoms with Crippen molar-refractivity contribution in [2.24, 2.45) is 5.92 Å². The first-order valence-corrected chi connectivity index (χ1v) is 9.39. The number of piperazine rings is 1. The number of benzene rings is 1. The van der Waals surface area contributed by atoms with E-state index in [9.17, 15) is 4.79 Å². The molecule has 0 unspecified atom stereocenters. The van der Waals surface area contributed by atoms with Crippen LogP contribution in [-0.4, -0.2) is 48.5 Å². The summed E-state index contributed by atoms with van der Waals surface area (Å²) < 4.78 is 0. The van der Waals surface area contributed by atoms with E-state index in [1.54, 1.807) is 12.4 Å². The number of pyridine rings is 1. The molecule has 0 radical (unpaired) electrons. The highest BCUT2D eigenvalue weighted by Crippen LogP contribution is 2.21. The zero-order chi connectivity index (χ0) is 18.5. The number of nitrogens with zero attached hydrogens (tertiary/aromatic N) is 3. The van der Waals surface area contributed by atoms with Gasteiger partial charge in [-0.15, -0.1) is 0 Å². The summed E-state index contributed by atoms with van der Waals surface area (Å²) in [6.45, 7) is 8.13. The van der Waals surface area contributed by atoms with Crippen LogP contribution in [0.3, 0.4) is 0 Å². The second-order valence-corrected chi connectivity index (χ2v) is 7.43. The maximum absolute atomic E-state index is 12.8. The Bertz CT molecular complexity index is 757. The van der Waals surface area contributed by atoms with Gasteiger partial charge in [-0.25, -0.2) is 0 Å². The first kappa shape index (κ1) is 18.5. The molecule has 1 aromatic carbocycles. The molecule has 0 saturated carbocycles. The zero-order valence-corrected chi connectivity index (χ0v) is 16.0. The SMILES string of the molecule is CC(C)CNc1cncc(C(=O)N2CCN(c3cccc(Cl)c3)CC2)c1. The predicted octanol–water partition coefficient (Wildman–Crippen LogP) is 3.77. The first-order chi connectivity index (χ1) is 12.5. The molecule has 0 atom stereocenters. The van der Waals surface area contributed by atoms with Crippen molar-refractivity contribution in [2.75, 3.05) is 42.9 Å². The van der Waals surface area contributed by atoms with E-state index in [1.807, 2.05) is 29.2 Å². The Hall–Kier alpha value is -2.27. The largest absolute Gasteiger partial charge is 0.384 e. The minimum absolute atomic E-state index is 0.0384. The lowest BCUT2D eigenvalue weighted by molar-refractivity contribution is 0.0746. The van der Waals surface area contributed by atoms with Gasteiger partial charge in [0.05, 0.1) is 11.3 Å². The van der Waals surface area contributed by atoms with Crippen LogP contribution in [0.1, 0.15) is 24.2 Å². The van der Waals surface area contributed by atoms with Crippen molar-refractivity contribution in [3.05, 3.63) is 53.3 Å². The normalized spacial score (nSPS) is 14.6. The molecule has 1 amide bonds. The highest BCUT2D eigenvalue weighted by molar-refractivity contribution is 6.30. The minimum atomic E-state index is 0.0384. The zero-order valence-electron chi connectivity index (χ0n) is 15.3. The summed E-state index contributed by atoms with van der Waals surface area (Å²) in [5, 5.41) is 4.06. The number of hydrogen-bond donors (Lipinski definition) is 1. The predicted molar refractivity (Wildman–Crippen MR) is 107 cm³/mol. The highest BCUT2D eigenvalue weighted by atomic mass is 35.5. The molecule has 5 nitrogen and oxygen atoms in total. The summed E-state index contributed by atoms with van der Waals surface area (Å²) in [5.41, 5.74) is 2.63. The van der Waals surface area contributed by atoms with Crippen molar-refractivity contribution in [1.82, 2.24) is 9.88 Å². The molecule has 1 N–H and O–H groups in total. The van der Waals surface area contributed by atoms with Crippen molar-refractivity contribution in [3.63, 3.8) is 0 Å². The molecule has 1 saturated heterocycles. The lowest BCUT2D eigenvalue weighted by Crippen LogP contribution is -2.48. The number of halogens is 1. The van der Waals surface area contributed by atoms with Gasteiger partial charge in [-0.1, -0.05) is 31.5 Å². The molecule has 0 aliphatic carbocycles. The fraction of sp³-hybridized carbons (Fsp3) is 0.400. The number of carbonyl (C=O) groups is 1. The Morgan fingerprint density at radius 2 is 1.96 bits per heavy atom. The van der Waals surface area contributed by atoms with E-state index in [2.05, 4.69) is 35.1 Å². The van der Waals surface area contributed by atoms with Crippen LogP contribution in [0.5, 0.6) is 0 Å². The van der Waals surface area contributed by atoms with Gasteiger partial charge in [0.2, 0.25) is 0 Å². The molecule has 1 aliphatic rings. The van der Waals surface area contributed by atoms with E-state index in [4.69, 9.17) is 11.6 Å². The van der Waals surface area contributed by atoms with Gasteiger partial charge in [0.15, 0.2) is 0 Å². The summed E-state index contributed by atoms with van der Waals surface area (Å²) in [6.07, 6.45) is 3.41. The number of nitrogens with one attached hydrogen (secondary N) is 1. The Labute approximate surface area is 160 Å². The Morgan fingerprint density at radius 3 is 2.65 bits per heavy atom. The fourth-order valence-corrected chi connectivity index (χ4v) is 3.18. The third kappa shape index (κ3) is 4.67. The molecule has 1 aromatic heterocycles. The van der Waals surface area contributed by atoms with Crippen LogP contribution >= 0.6 is 11.6 Å². The first-order valence-electron chi connectivity index (χ1n) is 9.01. The van der Waals surface area contributed by atoms with Gasteiger partial charge in [0, 0.05) is 55.8 Å². The van der Waals surface area contributed by atoms with Crippen molar-refractivity contribution in [2.45, 2.75) is 13.8 Å². The maximum Gasteiger partial charge on any atom is 0.255 e. The molecule has 6 heteroatoms. The molecule has 0 spiro atoms. The van der Waals surface area contributed by atoms with Gasteiger partial charge in [0.25, 0.3) is 5.91 Å². The topological polar surface area (TPSA) is 48.5 Å². The summed E-state index contributed by atoms with van der Waals surface area (Å²) in [7, 11) is 0. The number of anilines is 2. The van der Waals surface area contributed by atoms with Gasteiger partial charge in [0.1, 0.15) is 0 Å². The lowest BCUT2D eigenvalue weighted by atomic mass is 10.2. The lowest BCUT2D eigenvalue weighted by Gasteiger charge is -2.36. The van der Waals surface area contributed by atoms with Crippen LogP contribution in [0.2, 0.25) is 5.02 Å². The number of rotatable bonds is 5. The third-order valence-electron chi connectivity index (χ3n) is 4.44.